The molecule has 0 spiro atoms. The molecule has 1 heterocycles. The van der Waals surface area contributed by atoms with E-state index in [0.29, 0.717) is 17.1 Å². The van der Waals surface area contributed by atoms with Gasteiger partial charge in [-0.25, -0.2) is 0 Å². The van der Waals surface area contributed by atoms with E-state index in [1.807, 2.05) is 44.2 Å². The number of para-hydroxylation sites is 1. The molecule has 3 nitrogen and oxygen atoms in total. The third kappa shape index (κ3) is 2.93. The topological polar surface area (TPSA) is 33.2 Å². The fraction of sp³-hybridized carbons (Fsp3) is 0.200. The van der Waals surface area contributed by atoms with Gasteiger partial charge in [-0.3, -0.25) is 9.78 Å². The van der Waals surface area contributed by atoms with Crippen molar-refractivity contribution in [3.05, 3.63) is 58.9 Å². The lowest BCUT2D eigenvalue weighted by molar-refractivity contribution is 0.0988. The number of carbonyl (C=O) groups is 1. The van der Waals surface area contributed by atoms with Crippen molar-refractivity contribution in [2.75, 3.05) is 11.4 Å². The highest BCUT2D eigenvalue weighted by atomic mass is 35.5. The zero-order valence-corrected chi connectivity index (χ0v) is 11.7. The molecule has 0 aliphatic carbocycles. The van der Waals surface area contributed by atoms with E-state index in [1.165, 1.54) is 6.20 Å². The van der Waals surface area contributed by atoms with Gasteiger partial charge in [0, 0.05) is 24.1 Å². The minimum absolute atomic E-state index is 0.133. The summed E-state index contributed by atoms with van der Waals surface area (Å²) >= 11 is 6.13. The van der Waals surface area contributed by atoms with Crippen LogP contribution in [0.5, 0.6) is 0 Å². The fourth-order valence-corrected chi connectivity index (χ4v) is 2.17. The normalized spacial score (nSPS) is 10.3. The summed E-state index contributed by atoms with van der Waals surface area (Å²) in [4.78, 5) is 18.3. The average Bonchev–Trinajstić information content (AvgIpc) is 2.40. The molecule has 0 aliphatic heterocycles. The van der Waals surface area contributed by atoms with Crippen molar-refractivity contribution in [3.8, 4) is 0 Å². The Morgan fingerprint density at radius 1 is 1.32 bits per heavy atom. The number of hydrogen-bond acceptors (Lipinski definition) is 2. The molecule has 98 valence electrons. The molecule has 0 aliphatic rings. The van der Waals surface area contributed by atoms with E-state index >= 15 is 0 Å². The molecular weight excluding hydrogens is 260 g/mol. The van der Waals surface area contributed by atoms with E-state index < -0.39 is 0 Å². The molecule has 0 atom stereocenters. The Balaban J connectivity index is 2.36. The van der Waals surface area contributed by atoms with Gasteiger partial charge >= 0.3 is 0 Å². The molecule has 4 heteroatoms. The molecule has 1 amide bonds. The fourth-order valence-electron chi connectivity index (χ4n) is 1.88. The highest BCUT2D eigenvalue weighted by Gasteiger charge is 2.18. The van der Waals surface area contributed by atoms with E-state index in [1.54, 1.807) is 11.0 Å². The van der Waals surface area contributed by atoms with Gasteiger partial charge in [0.15, 0.2) is 0 Å². The van der Waals surface area contributed by atoms with Crippen LogP contribution in [0, 0.1) is 6.92 Å². The van der Waals surface area contributed by atoms with E-state index in [2.05, 4.69) is 4.98 Å². The lowest BCUT2D eigenvalue weighted by Gasteiger charge is -2.21. The van der Waals surface area contributed by atoms with Gasteiger partial charge in [-0.05, 0) is 32.0 Å². The molecule has 0 saturated carbocycles. The number of aromatic nitrogens is 1. The van der Waals surface area contributed by atoms with E-state index in [4.69, 9.17) is 11.6 Å². The molecular formula is C15H15ClN2O. The van der Waals surface area contributed by atoms with Crippen LogP contribution in [0.15, 0.2) is 42.6 Å². The number of nitrogens with zero attached hydrogens (tertiary/aromatic N) is 2. The lowest BCUT2D eigenvalue weighted by atomic mass is 10.2. The first-order valence-corrected chi connectivity index (χ1v) is 6.50. The summed E-state index contributed by atoms with van der Waals surface area (Å²) in [5, 5.41) is 0.437. The van der Waals surface area contributed by atoms with Crippen molar-refractivity contribution >= 4 is 23.2 Å². The number of hydrogen-bond donors (Lipinski definition) is 0. The predicted molar refractivity (Wildman–Crippen MR) is 77.8 cm³/mol. The second-order valence-electron chi connectivity index (χ2n) is 4.19. The van der Waals surface area contributed by atoms with Gasteiger partial charge in [-0.2, -0.15) is 0 Å². The number of halogens is 1. The molecule has 0 radical (unpaired) electrons. The van der Waals surface area contributed by atoms with Crippen LogP contribution in [0.2, 0.25) is 5.02 Å². The summed E-state index contributed by atoms with van der Waals surface area (Å²) in [5.41, 5.74) is 2.08. The number of pyridine rings is 1. The van der Waals surface area contributed by atoms with Crippen molar-refractivity contribution in [2.45, 2.75) is 13.8 Å². The molecule has 0 unspecified atom stereocenters. The van der Waals surface area contributed by atoms with Crippen LogP contribution in [-0.4, -0.2) is 17.4 Å². The Hall–Kier alpha value is -1.87. The number of carbonyl (C=O) groups excluding carboxylic acids is 1. The smallest absolute Gasteiger partial charge is 0.261 e. The van der Waals surface area contributed by atoms with Crippen molar-refractivity contribution in [3.63, 3.8) is 0 Å². The van der Waals surface area contributed by atoms with Crippen molar-refractivity contribution < 1.29 is 4.79 Å². The van der Waals surface area contributed by atoms with Gasteiger partial charge in [0.05, 0.1) is 10.6 Å². The molecule has 2 rings (SSSR count). The van der Waals surface area contributed by atoms with Gasteiger partial charge in [-0.1, -0.05) is 29.8 Å². The molecule has 0 saturated heterocycles. The van der Waals surface area contributed by atoms with Crippen LogP contribution in [0.3, 0.4) is 0 Å². The first-order valence-electron chi connectivity index (χ1n) is 6.12. The van der Waals surface area contributed by atoms with Crippen molar-refractivity contribution in [2.24, 2.45) is 0 Å². The summed E-state index contributed by atoms with van der Waals surface area (Å²) in [7, 11) is 0. The average molecular weight is 275 g/mol. The number of aryl methyl sites for hydroxylation is 1. The zero-order chi connectivity index (χ0) is 13.8. The predicted octanol–water partition coefficient (Wildman–Crippen LogP) is 3.71. The minimum Gasteiger partial charge on any atom is -0.309 e. The summed E-state index contributed by atoms with van der Waals surface area (Å²) in [6.07, 6.45) is 1.53. The third-order valence-electron chi connectivity index (χ3n) is 2.85. The first-order chi connectivity index (χ1) is 9.13. The number of amides is 1. The minimum atomic E-state index is -0.133. The maximum Gasteiger partial charge on any atom is 0.261 e. The van der Waals surface area contributed by atoms with Gasteiger partial charge in [0.25, 0.3) is 5.91 Å². The van der Waals surface area contributed by atoms with E-state index in [-0.39, 0.29) is 5.91 Å². The second-order valence-corrected chi connectivity index (χ2v) is 4.60. The quantitative estimate of drug-likeness (QED) is 0.855. The molecule has 0 bridgehead atoms. The van der Waals surface area contributed by atoms with Gasteiger partial charge in [-0.15, -0.1) is 0 Å². The zero-order valence-electron chi connectivity index (χ0n) is 10.9. The highest BCUT2D eigenvalue weighted by Crippen LogP contribution is 2.21. The van der Waals surface area contributed by atoms with Crippen molar-refractivity contribution in [1.82, 2.24) is 4.98 Å². The standard InChI is InChI=1S/C15H15ClN2O/c1-3-18(12-7-5-4-6-8-12)15(19)13-10-17-11(2)9-14(13)16/h4-10H,3H2,1-2H3. The Morgan fingerprint density at radius 2 is 2.00 bits per heavy atom. The lowest BCUT2D eigenvalue weighted by Crippen LogP contribution is -2.30. The summed E-state index contributed by atoms with van der Waals surface area (Å²) < 4.78 is 0. The number of rotatable bonds is 3. The van der Waals surface area contributed by atoms with Crippen LogP contribution in [0.25, 0.3) is 0 Å². The summed E-state index contributed by atoms with van der Waals surface area (Å²) in [5.74, 6) is -0.133. The SMILES string of the molecule is CCN(C(=O)c1cnc(C)cc1Cl)c1ccccc1. The van der Waals surface area contributed by atoms with Gasteiger partial charge < -0.3 is 4.90 Å². The van der Waals surface area contributed by atoms with Crippen LogP contribution < -0.4 is 4.90 Å². The molecule has 0 N–H and O–H groups in total. The highest BCUT2D eigenvalue weighted by molar-refractivity contribution is 6.34. The maximum atomic E-state index is 12.5. The van der Waals surface area contributed by atoms with Crippen LogP contribution in [0.4, 0.5) is 5.69 Å². The van der Waals surface area contributed by atoms with Crippen molar-refractivity contribution in [1.29, 1.82) is 0 Å². The largest absolute Gasteiger partial charge is 0.309 e. The maximum absolute atomic E-state index is 12.5. The third-order valence-corrected chi connectivity index (χ3v) is 3.16. The molecule has 19 heavy (non-hydrogen) atoms. The van der Waals surface area contributed by atoms with Gasteiger partial charge in [0.2, 0.25) is 0 Å². The Bertz CT molecular complexity index is 584. The monoisotopic (exact) mass is 274 g/mol. The second kappa shape index (κ2) is 5.85. The molecule has 0 fully saturated rings. The van der Waals surface area contributed by atoms with Crippen LogP contribution in [-0.2, 0) is 0 Å². The Morgan fingerprint density at radius 3 is 2.58 bits per heavy atom. The summed E-state index contributed by atoms with van der Waals surface area (Å²) in [6.45, 7) is 4.35. The molecule has 1 aromatic heterocycles. The van der Waals surface area contributed by atoms with Crippen LogP contribution in [0.1, 0.15) is 23.0 Å². The Labute approximate surface area is 117 Å². The molecule has 1 aromatic carbocycles. The van der Waals surface area contributed by atoms with E-state index in [9.17, 15) is 4.79 Å². The Kier molecular flexibility index (Phi) is 4.17. The first kappa shape index (κ1) is 13.6. The number of benzene rings is 1. The van der Waals surface area contributed by atoms with Gasteiger partial charge in [0.1, 0.15) is 0 Å². The van der Waals surface area contributed by atoms with Crippen LogP contribution >= 0.6 is 11.6 Å². The summed E-state index contributed by atoms with van der Waals surface area (Å²) in [6, 6.07) is 11.2. The number of anilines is 1. The molecule has 2 aromatic rings. The van der Waals surface area contributed by atoms with E-state index in [0.717, 1.165) is 11.4 Å².